The van der Waals surface area contributed by atoms with Crippen molar-refractivity contribution < 1.29 is 18.5 Å². The lowest BCUT2D eigenvalue weighted by Gasteiger charge is -2.31. The second kappa shape index (κ2) is 11.9. The summed E-state index contributed by atoms with van der Waals surface area (Å²) in [5.41, 5.74) is 1.05. The summed E-state index contributed by atoms with van der Waals surface area (Å²) in [6.45, 7) is 7.03. The van der Waals surface area contributed by atoms with Crippen molar-refractivity contribution in [2.24, 2.45) is 5.92 Å². The molecule has 0 spiro atoms. The van der Waals surface area contributed by atoms with Gasteiger partial charge in [0.05, 0.1) is 35.6 Å². The molecule has 0 radical (unpaired) electrons. The SMILES string of the molecule is CCOC(=O)c1cnc(N2CCC(CNS(=O)c3cc4nc(Cl)nc(N5CCOCC5)c4s3)CC2)nc1. The van der Waals surface area contributed by atoms with Gasteiger partial charge in [0, 0.05) is 45.1 Å². The van der Waals surface area contributed by atoms with Crippen molar-refractivity contribution in [2.75, 3.05) is 62.3 Å². The number of carbonyl (C=O) groups excluding carboxylic acids is 1. The summed E-state index contributed by atoms with van der Waals surface area (Å²) >= 11 is 7.62. The molecule has 3 aromatic rings. The minimum absolute atomic E-state index is 0.184. The van der Waals surface area contributed by atoms with Gasteiger partial charge in [0.15, 0.2) is 5.82 Å². The fourth-order valence-corrected chi connectivity index (χ4v) is 6.85. The molecule has 0 aliphatic carbocycles. The molecule has 1 unspecified atom stereocenters. The van der Waals surface area contributed by atoms with E-state index in [1.807, 2.05) is 6.07 Å². The number of morpholine rings is 1. The van der Waals surface area contributed by atoms with Crippen LogP contribution in [0.15, 0.2) is 22.7 Å². The molecule has 5 heterocycles. The van der Waals surface area contributed by atoms with E-state index in [9.17, 15) is 9.00 Å². The van der Waals surface area contributed by atoms with Gasteiger partial charge >= 0.3 is 5.97 Å². The van der Waals surface area contributed by atoms with E-state index in [4.69, 9.17) is 21.1 Å². The van der Waals surface area contributed by atoms with Crippen molar-refractivity contribution in [1.82, 2.24) is 24.7 Å². The molecule has 1 atom stereocenters. The lowest BCUT2D eigenvalue weighted by molar-refractivity contribution is 0.0525. The van der Waals surface area contributed by atoms with Gasteiger partial charge in [-0.2, -0.15) is 4.98 Å². The normalized spacial score (nSPS) is 17.8. The maximum atomic E-state index is 13.1. The minimum atomic E-state index is -1.36. The summed E-state index contributed by atoms with van der Waals surface area (Å²) in [6, 6.07) is 1.83. The van der Waals surface area contributed by atoms with E-state index in [1.165, 1.54) is 23.7 Å². The van der Waals surface area contributed by atoms with Crippen molar-refractivity contribution >= 4 is 61.9 Å². The summed E-state index contributed by atoms with van der Waals surface area (Å²) < 4.78 is 28.3. The van der Waals surface area contributed by atoms with Crippen LogP contribution < -0.4 is 14.5 Å². The van der Waals surface area contributed by atoms with Crippen LogP contribution in [0.3, 0.4) is 0 Å². The predicted molar refractivity (Wildman–Crippen MR) is 143 cm³/mol. The van der Waals surface area contributed by atoms with Crippen LogP contribution in [0, 0.1) is 5.92 Å². The molecule has 3 aromatic heterocycles. The van der Waals surface area contributed by atoms with Gasteiger partial charge in [-0.1, -0.05) is 0 Å². The number of ether oxygens (including phenoxy) is 2. The number of nitrogens with zero attached hydrogens (tertiary/aromatic N) is 6. The van der Waals surface area contributed by atoms with E-state index in [0.717, 1.165) is 49.5 Å². The Morgan fingerprint density at radius 3 is 2.62 bits per heavy atom. The summed E-state index contributed by atoms with van der Waals surface area (Å²) in [5.74, 6) is 1.34. The van der Waals surface area contributed by atoms with Crippen LogP contribution in [0.4, 0.5) is 11.8 Å². The number of thiophene rings is 1. The average Bonchev–Trinajstić information content (AvgIpc) is 3.36. The second-order valence-corrected chi connectivity index (χ2v) is 11.6. The Morgan fingerprint density at radius 1 is 1.19 bits per heavy atom. The standard InChI is InChI=1S/C23H28ClN7O4S2/c1-2-35-21(32)16-13-25-23(26-14-16)31-5-3-15(4-6-31)12-27-37(33)18-11-17-19(36-18)20(29-22(24)28-17)30-7-9-34-10-8-30/h11,13-15,27H,2-10,12H2,1H3. The summed E-state index contributed by atoms with van der Waals surface area (Å²) in [7, 11) is -1.36. The number of rotatable bonds is 8. The summed E-state index contributed by atoms with van der Waals surface area (Å²) in [4.78, 5) is 33.5. The summed E-state index contributed by atoms with van der Waals surface area (Å²) in [6.07, 6.45) is 4.85. The fourth-order valence-electron chi connectivity index (χ4n) is 4.35. The highest BCUT2D eigenvalue weighted by Gasteiger charge is 2.24. The third-order valence-electron chi connectivity index (χ3n) is 6.35. The van der Waals surface area contributed by atoms with Crippen molar-refractivity contribution in [3.05, 3.63) is 29.3 Å². The highest BCUT2D eigenvalue weighted by Crippen LogP contribution is 2.34. The Bertz CT molecular complexity index is 1260. The van der Waals surface area contributed by atoms with Crippen molar-refractivity contribution in [3.8, 4) is 0 Å². The second-order valence-electron chi connectivity index (χ2n) is 8.74. The number of fused-ring (bicyclic) bond motifs is 1. The number of carbonyl (C=O) groups is 1. The van der Waals surface area contributed by atoms with Gasteiger partial charge in [-0.15, -0.1) is 11.3 Å². The lowest BCUT2D eigenvalue weighted by atomic mass is 9.97. The van der Waals surface area contributed by atoms with Gasteiger partial charge in [0.1, 0.15) is 15.2 Å². The van der Waals surface area contributed by atoms with E-state index in [-0.39, 0.29) is 5.28 Å². The number of anilines is 2. The quantitative estimate of drug-likeness (QED) is 0.322. The smallest absolute Gasteiger partial charge is 0.341 e. The third kappa shape index (κ3) is 6.17. The number of hydrogen-bond donors (Lipinski definition) is 1. The zero-order valence-corrected chi connectivity index (χ0v) is 22.8. The number of halogens is 1. The van der Waals surface area contributed by atoms with Crippen LogP contribution in [-0.2, 0) is 20.5 Å². The topological polar surface area (TPSA) is 123 Å². The first kappa shape index (κ1) is 26.2. The van der Waals surface area contributed by atoms with Crippen molar-refractivity contribution in [2.45, 2.75) is 24.0 Å². The van der Waals surface area contributed by atoms with E-state index < -0.39 is 17.0 Å². The van der Waals surface area contributed by atoms with Crippen LogP contribution in [0.2, 0.25) is 5.28 Å². The van der Waals surface area contributed by atoms with Gasteiger partial charge in [-0.05, 0) is 43.4 Å². The number of nitrogens with one attached hydrogen (secondary N) is 1. The maximum absolute atomic E-state index is 13.1. The first-order valence-corrected chi connectivity index (χ1v) is 14.6. The Morgan fingerprint density at radius 2 is 1.92 bits per heavy atom. The third-order valence-corrected chi connectivity index (χ3v) is 9.05. The largest absolute Gasteiger partial charge is 0.462 e. The number of piperidine rings is 1. The Kier molecular flexibility index (Phi) is 8.45. The Labute approximate surface area is 226 Å². The summed E-state index contributed by atoms with van der Waals surface area (Å²) in [5, 5.41) is 0.184. The number of hydrogen-bond acceptors (Lipinski definition) is 11. The monoisotopic (exact) mass is 565 g/mol. The molecular formula is C23H28ClN7O4S2. The molecule has 2 saturated heterocycles. The molecule has 5 rings (SSSR count). The molecule has 2 aliphatic rings. The first-order valence-electron chi connectivity index (χ1n) is 12.2. The minimum Gasteiger partial charge on any atom is -0.462 e. The van der Waals surface area contributed by atoms with Crippen molar-refractivity contribution in [1.29, 1.82) is 0 Å². The zero-order chi connectivity index (χ0) is 25.8. The molecule has 198 valence electrons. The molecule has 0 amide bonds. The molecule has 14 heteroatoms. The number of aromatic nitrogens is 4. The molecule has 0 saturated carbocycles. The molecule has 0 aromatic carbocycles. The molecule has 37 heavy (non-hydrogen) atoms. The fraction of sp³-hybridized carbons (Fsp3) is 0.522. The zero-order valence-electron chi connectivity index (χ0n) is 20.4. The van der Waals surface area contributed by atoms with Gasteiger partial charge in [0.25, 0.3) is 0 Å². The molecule has 2 aliphatic heterocycles. The highest BCUT2D eigenvalue weighted by molar-refractivity contribution is 7.85. The Hall–Kier alpha value is -2.45. The molecular weight excluding hydrogens is 538 g/mol. The molecule has 0 bridgehead atoms. The average molecular weight is 566 g/mol. The van der Waals surface area contributed by atoms with E-state index in [2.05, 4.69) is 34.5 Å². The van der Waals surface area contributed by atoms with Crippen LogP contribution >= 0.6 is 22.9 Å². The first-order chi connectivity index (χ1) is 18.0. The van der Waals surface area contributed by atoms with Gasteiger partial charge in [-0.3, -0.25) is 0 Å². The van der Waals surface area contributed by atoms with E-state index in [0.29, 0.717) is 53.5 Å². The van der Waals surface area contributed by atoms with Crippen LogP contribution in [0.25, 0.3) is 10.2 Å². The van der Waals surface area contributed by atoms with Gasteiger partial charge in [0.2, 0.25) is 11.2 Å². The maximum Gasteiger partial charge on any atom is 0.341 e. The van der Waals surface area contributed by atoms with Crippen molar-refractivity contribution in [3.63, 3.8) is 0 Å². The van der Waals surface area contributed by atoms with Crippen LogP contribution in [0.1, 0.15) is 30.1 Å². The molecule has 1 N–H and O–H groups in total. The van der Waals surface area contributed by atoms with Gasteiger partial charge < -0.3 is 19.3 Å². The van der Waals surface area contributed by atoms with Crippen LogP contribution in [0.5, 0.6) is 0 Å². The lowest BCUT2D eigenvalue weighted by Crippen LogP contribution is -2.38. The molecule has 2 fully saturated rings. The van der Waals surface area contributed by atoms with Crippen LogP contribution in [-0.4, -0.2) is 82.7 Å². The predicted octanol–water partition coefficient (Wildman–Crippen LogP) is 2.68. The van der Waals surface area contributed by atoms with Gasteiger partial charge in [-0.25, -0.2) is 28.7 Å². The number of esters is 1. The van der Waals surface area contributed by atoms with E-state index >= 15 is 0 Å². The molecule has 11 nitrogen and oxygen atoms in total. The highest BCUT2D eigenvalue weighted by atomic mass is 35.5. The Balaban J connectivity index is 1.16. The van der Waals surface area contributed by atoms with E-state index in [1.54, 1.807) is 6.92 Å².